The van der Waals surface area contributed by atoms with Gasteiger partial charge in [-0.05, 0) is 25.5 Å². The van der Waals surface area contributed by atoms with Crippen molar-refractivity contribution in [1.82, 2.24) is 4.98 Å². The third kappa shape index (κ3) is 5.09. The van der Waals surface area contributed by atoms with Crippen LogP contribution >= 0.6 is 22.9 Å². The molecule has 1 aromatic heterocycles. The number of hydrogen-bond donors (Lipinski definition) is 2. The van der Waals surface area contributed by atoms with Crippen molar-refractivity contribution >= 4 is 34.0 Å². The van der Waals surface area contributed by atoms with Gasteiger partial charge in [-0.2, -0.15) is 0 Å². The lowest BCUT2D eigenvalue weighted by Gasteiger charge is -2.02. The van der Waals surface area contributed by atoms with E-state index in [-0.39, 0.29) is 5.91 Å². The van der Waals surface area contributed by atoms with E-state index in [2.05, 4.69) is 10.3 Å². The summed E-state index contributed by atoms with van der Waals surface area (Å²) in [4.78, 5) is 16.3. The third-order valence-corrected chi connectivity index (χ3v) is 4.35. The van der Waals surface area contributed by atoms with E-state index in [0.29, 0.717) is 16.6 Å². The van der Waals surface area contributed by atoms with Crippen molar-refractivity contribution in [2.45, 2.75) is 32.1 Å². The Kier molecular flexibility index (Phi) is 6.83. The first-order valence-corrected chi connectivity index (χ1v) is 8.67. The second-order valence-corrected chi connectivity index (χ2v) is 6.28. The van der Waals surface area contributed by atoms with Crippen molar-refractivity contribution in [2.24, 2.45) is 5.73 Å². The zero-order valence-corrected chi connectivity index (χ0v) is 13.9. The van der Waals surface area contributed by atoms with Gasteiger partial charge in [-0.25, -0.2) is 4.98 Å². The van der Waals surface area contributed by atoms with E-state index in [1.54, 1.807) is 0 Å². The maximum absolute atomic E-state index is 11.9. The summed E-state index contributed by atoms with van der Waals surface area (Å²) >= 11 is 7.56. The van der Waals surface area contributed by atoms with E-state index in [1.165, 1.54) is 11.3 Å². The van der Waals surface area contributed by atoms with Crippen LogP contribution in [0.5, 0.6) is 0 Å². The topological polar surface area (TPSA) is 68.0 Å². The Bertz CT molecular complexity index is 615. The first-order valence-electron chi connectivity index (χ1n) is 7.41. The molecule has 2 aromatic rings. The quantitative estimate of drug-likeness (QED) is 0.705. The molecule has 118 valence electrons. The first kappa shape index (κ1) is 16.9. The van der Waals surface area contributed by atoms with Gasteiger partial charge in [0, 0.05) is 22.4 Å². The van der Waals surface area contributed by atoms with Crippen molar-refractivity contribution in [3.05, 3.63) is 34.7 Å². The van der Waals surface area contributed by atoms with Gasteiger partial charge in [-0.1, -0.05) is 42.6 Å². The molecule has 0 aliphatic carbocycles. The number of unbranched alkanes of at least 4 members (excludes halogenated alkanes) is 3. The minimum Gasteiger partial charge on any atom is -0.330 e. The van der Waals surface area contributed by atoms with E-state index >= 15 is 0 Å². The fourth-order valence-corrected chi connectivity index (χ4v) is 3.05. The molecule has 0 saturated heterocycles. The highest BCUT2D eigenvalue weighted by Gasteiger charge is 2.09. The number of hydrogen-bond acceptors (Lipinski definition) is 4. The first-order chi connectivity index (χ1) is 10.7. The Morgan fingerprint density at radius 3 is 2.77 bits per heavy atom. The van der Waals surface area contributed by atoms with Crippen LogP contribution in [0.1, 0.15) is 32.1 Å². The molecule has 4 nitrogen and oxygen atoms in total. The van der Waals surface area contributed by atoms with Gasteiger partial charge < -0.3 is 11.1 Å². The van der Waals surface area contributed by atoms with E-state index in [0.717, 1.165) is 43.5 Å². The highest BCUT2D eigenvalue weighted by atomic mass is 35.5. The summed E-state index contributed by atoms with van der Waals surface area (Å²) in [7, 11) is 0. The van der Waals surface area contributed by atoms with E-state index in [9.17, 15) is 4.79 Å². The molecule has 0 aliphatic heterocycles. The number of nitrogens with two attached hydrogens (primary N) is 1. The van der Waals surface area contributed by atoms with Gasteiger partial charge in [0.2, 0.25) is 5.91 Å². The lowest BCUT2D eigenvalue weighted by molar-refractivity contribution is -0.116. The molecule has 3 N–H and O–H groups in total. The van der Waals surface area contributed by atoms with Crippen LogP contribution in [0.3, 0.4) is 0 Å². The van der Waals surface area contributed by atoms with Gasteiger partial charge in [0.15, 0.2) is 5.13 Å². The average molecular weight is 338 g/mol. The minimum absolute atomic E-state index is 0.00723. The van der Waals surface area contributed by atoms with Crippen molar-refractivity contribution in [3.63, 3.8) is 0 Å². The smallest absolute Gasteiger partial charge is 0.226 e. The molecule has 1 heterocycles. The van der Waals surface area contributed by atoms with E-state index in [4.69, 9.17) is 17.3 Å². The number of benzene rings is 1. The van der Waals surface area contributed by atoms with E-state index in [1.807, 2.05) is 29.6 Å². The Hall–Kier alpha value is -1.43. The molecular formula is C16H20ClN3OS. The number of rotatable bonds is 8. The number of aromatic nitrogens is 1. The number of carbonyl (C=O) groups excluding carboxylic acids is 1. The Labute approximate surface area is 139 Å². The zero-order valence-electron chi connectivity index (χ0n) is 12.3. The molecule has 0 radical (unpaired) electrons. The minimum atomic E-state index is 0.00723. The zero-order chi connectivity index (χ0) is 15.8. The molecule has 0 fully saturated rings. The monoisotopic (exact) mass is 337 g/mol. The predicted octanol–water partition coefficient (Wildman–Crippen LogP) is 4.31. The van der Waals surface area contributed by atoms with Crippen LogP contribution in [0.25, 0.3) is 11.3 Å². The summed E-state index contributed by atoms with van der Waals surface area (Å²) in [6, 6.07) is 7.54. The SMILES string of the molecule is NCCCCCCC(=O)Nc1nc(-c2ccccc2Cl)cs1. The molecular weight excluding hydrogens is 318 g/mol. The fraction of sp³-hybridized carbons (Fsp3) is 0.375. The van der Waals surface area contributed by atoms with Crippen LogP contribution in [-0.4, -0.2) is 17.4 Å². The lowest BCUT2D eigenvalue weighted by Crippen LogP contribution is -2.10. The Balaban J connectivity index is 1.84. The molecule has 0 bridgehead atoms. The molecule has 0 spiro atoms. The second-order valence-electron chi connectivity index (χ2n) is 5.02. The van der Waals surface area contributed by atoms with Crippen LogP contribution in [0, 0.1) is 0 Å². The maximum Gasteiger partial charge on any atom is 0.226 e. The van der Waals surface area contributed by atoms with Crippen LogP contribution in [0.15, 0.2) is 29.6 Å². The van der Waals surface area contributed by atoms with E-state index < -0.39 is 0 Å². The fourth-order valence-electron chi connectivity index (χ4n) is 2.09. The standard InChI is InChI=1S/C16H20ClN3OS/c17-13-8-5-4-7-12(13)14-11-22-16(19-14)20-15(21)9-3-1-2-6-10-18/h4-5,7-8,11H,1-3,6,9-10,18H2,(H,19,20,21). The van der Waals surface area contributed by atoms with Gasteiger partial charge in [0.25, 0.3) is 0 Å². The highest BCUT2D eigenvalue weighted by molar-refractivity contribution is 7.14. The van der Waals surface area contributed by atoms with Gasteiger partial charge in [-0.15, -0.1) is 11.3 Å². The maximum atomic E-state index is 11.9. The number of carbonyl (C=O) groups is 1. The van der Waals surface area contributed by atoms with Crippen LogP contribution in [0.4, 0.5) is 5.13 Å². The van der Waals surface area contributed by atoms with Gasteiger partial charge >= 0.3 is 0 Å². The number of anilines is 1. The lowest BCUT2D eigenvalue weighted by atomic mass is 10.1. The summed E-state index contributed by atoms with van der Waals surface area (Å²) in [5, 5.41) is 6.01. The predicted molar refractivity (Wildman–Crippen MR) is 93.3 cm³/mol. The molecule has 0 unspecified atom stereocenters. The average Bonchev–Trinajstić information content (AvgIpc) is 2.95. The van der Waals surface area contributed by atoms with Crippen LogP contribution in [0.2, 0.25) is 5.02 Å². The van der Waals surface area contributed by atoms with Crippen LogP contribution in [-0.2, 0) is 4.79 Å². The molecule has 0 atom stereocenters. The highest BCUT2D eigenvalue weighted by Crippen LogP contribution is 2.30. The molecule has 1 aromatic carbocycles. The van der Waals surface area contributed by atoms with Crippen molar-refractivity contribution in [2.75, 3.05) is 11.9 Å². The summed E-state index contributed by atoms with van der Waals surface area (Å²) in [5.74, 6) is 0.00723. The third-order valence-electron chi connectivity index (χ3n) is 3.26. The number of amides is 1. The second kappa shape index (κ2) is 8.88. The number of halogens is 1. The largest absolute Gasteiger partial charge is 0.330 e. The summed E-state index contributed by atoms with van der Waals surface area (Å²) in [6.45, 7) is 0.718. The van der Waals surface area contributed by atoms with Gasteiger partial charge in [-0.3, -0.25) is 4.79 Å². The number of nitrogens with zero attached hydrogens (tertiary/aromatic N) is 1. The number of nitrogens with one attached hydrogen (secondary N) is 1. The molecule has 0 aliphatic rings. The molecule has 0 saturated carbocycles. The summed E-state index contributed by atoms with van der Waals surface area (Å²) in [6.07, 6.45) is 4.54. The molecule has 1 amide bonds. The summed E-state index contributed by atoms with van der Waals surface area (Å²) < 4.78 is 0. The molecule has 22 heavy (non-hydrogen) atoms. The van der Waals surface area contributed by atoms with Gasteiger partial charge in [0.05, 0.1) is 5.69 Å². The van der Waals surface area contributed by atoms with Crippen molar-refractivity contribution in [1.29, 1.82) is 0 Å². The Morgan fingerprint density at radius 2 is 2.00 bits per heavy atom. The van der Waals surface area contributed by atoms with Gasteiger partial charge in [0.1, 0.15) is 0 Å². The Morgan fingerprint density at radius 1 is 1.23 bits per heavy atom. The molecule has 2 rings (SSSR count). The molecule has 6 heteroatoms. The van der Waals surface area contributed by atoms with Crippen LogP contribution < -0.4 is 11.1 Å². The van der Waals surface area contributed by atoms with Crippen molar-refractivity contribution in [3.8, 4) is 11.3 Å². The van der Waals surface area contributed by atoms with Crippen molar-refractivity contribution < 1.29 is 4.79 Å². The number of thiazole rings is 1. The normalized spacial score (nSPS) is 10.6. The summed E-state index contributed by atoms with van der Waals surface area (Å²) in [5.41, 5.74) is 7.10.